The zero-order chi connectivity index (χ0) is 20.0. The normalized spacial score (nSPS) is 17.6. The van der Waals surface area contributed by atoms with Crippen LogP contribution in [0.2, 0.25) is 0 Å². The van der Waals surface area contributed by atoms with E-state index in [4.69, 9.17) is 0 Å². The summed E-state index contributed by atoms with van der Waals surface area (Å²) in [6.07, 6.45) is 0.437. The van der Waals surface area contributed by atoms with Crippen LogP contribution in [0, 0.1) is 0 Å². The van der Waals surface area contributed by atoms with Crippen LogP contribution < -0.4 is 16.0 Å². The Morgan fingerprint density at radius 2 is 1.71 bits per heavy atom. The molecule has 2 amide bonds. The molecular formula is C20H23N3O4S. The third-order valence-electron chi connectivity index (χ3n) is 4.50. The number of para-hydroxylation sites is 1. The first-order valence-corrected chi connectivity index (χ1v) is 10.9. The van der Waals surface area contributed by atoms with Crippen molar-refractivity contribution in [2.24, 2.45) is 0 Å². The minimum atomic E-state index is -3.04. The number of benzene rings is 2. The maximum Gasteiger partial charge on any atom is 0.253 e. The molecule has 2 aromatic carbocycles. The first-order valence-electron chi connectivity index (χ1n) is 9.08. The smallest absolute Gasteiger partial charge is 0.253 e. The van der Waals surface area contributed by atoms with Gasteiger partial charge in [0.1, 0.15) is 0 Å². The quantitative estimate of drug-likeness (QED) is 0.649. The number of carbonyl (C=O) groups is 2. The van der Waals surface area contributed by atoms with Crippen molar-refractivity contribution in [2.75, 3.05) is 23.4 Å². The third-order valence-corrected chi connectivity index (χ3v) is 6.27. The monoisotopic (exact) mass is 401 g/mol. The Morgan fingerprint density at radius 3 is 2.43 bits per heavy atom. The molecule has 0 aliphatic carbocycles. The average Bonchev–Trinajstić information content (AvgIpc) is 3.03. The predicted octanol–water partition coefficient (Wildman–Crippen LogP) is 1.33. The van der Waals surface area contributed by atoms with Gasteiger partial charge < -0.3 is 16.0 Å². The van der Waals surface area contributed by atoms with Crippen molar-refractivity contribution in [2.45, 2.75) is 19.0 Å². The predicted molar refractivity (Wildman–Crippen MR) is 108 cm³/mol. The van der Waals surface area contributed by atoms with Crippen LogP contribution in [-0.4, -0.2) is 44.3 Å². The van der Waals surface area contributed by atoms with Gasteiger partial charge in [-0.25, -0.2) is 8.42 Å². The lowest BCUT2D eigenvalue weighted by molar-refractivity contribution is -0.119. The number of carbonyl (C=O) groups excluding carboxylic acids is 2. The number of anilines is 1. The lowest BCUT2D eigenvalue weighted by Gasteiger charge is -2.14. The molecule has 1 aliphatic rings. The topological polar surface area (TPSA) is 104 Å². The number of hydrogen-bond donors (Lipinski definition) is 3. The summed E-state index contributed by atoms with van der Waals surface area (Å²) in [7, 11) is -3.04. The minimum Gasteiger partial charge on any atom is -0.376 e. The van der Waals surface area contributed by atoms with E-state index < -0.39 is 9.84 Å². The van der Waals surface area contributed by atoms with Gasteiger partial charge >= 0.3 is 0 Å². The SMILES string of the molecule is O=C(CNc1ccccc1C(=O)NCc1ccccc1)N[C@@H]1CCS(=O)(=O)C1. The van der Waals surface area contributed by atoms with Gasteiger partial charge in [-0.1, -0.05) is 42.5 Å². The van der Waals surface area contributed by atoms with Crippen LogP contribution in [0.1, 0.15) is 22.3 Å². The molecule has 1 atom stereocenters. The van der Waals surface area contributed by atoms with E-state index in [1.54, 1.807) is 24.3 Å². The first-order chi connectivity index (χ1) is 13.4. The van der Waals surface area contributed by atoms with Gasteiger partial charge in [0.15, 0.2) is 9.84 Å². The summed E-state index contributed by atoms with van der Waals surface area (Å²) in [5.41, 5.74) is 1.98. The summed E-state index contributed by atoms with van der Waals surface area (Å²) in [5.74, 6) is -0.455. The molecule has 1 fully saturated rings. The van der Waals surface area contributed by atoms with E-state index in [0.717, 1.165) is 5.56 Å². The molecule has 28 heavy (non-hydrogen) atoms. The van der Waals surface area contributed by atoms with E-state index in [9.17, 15) is 18.0 Å². The van der Waals surface area contributed by atoms with Crippen LogP contribution in [0.3, 0.4) is 0 Å². The van der Waals surface area contributed by atoms with Gasteiger partial charge in [-0.3, -0.25) is 9.59 Å². The summed E-state index contributed by atoms with van der Waals surface area (Å²) in [6, 6.07) is 16.2. The molecule has 0 saturated carbocycles. The summed E-state index contributed by atoms with van der Waals surface area (Å²) in [4.78, 5) is 24.6. The fraction of sp³-hybridized carbons (Fsp3) is 0.300. The van der Waals surface area contributed by atoms with Gasteiger partial charge in [0, 0.05) is 18.3 Å². The second-order valence-electron chi connectivity index (χ2n) is 6.73. The van der Waals surface area contributed by atoms with E-state index >= 15 is 0 Å². The van der Waals surface area contributed by atoms with E-state index in [2.05, 4.69) is 16.0 Å². The zero-order valence-corrected chi connectivity index (χ0v) is 16.2. The van der Waals surface area contributed by atoms with Gasteiger partial charge in [0.05, 0.1) is 23.6 Å². The van der Waals surface area contributed by atoms with E-state index in [1.807, 2.05) is 30.3 Å². The Bertz CT molecular complexity index is 945. The molecule has 0 aromatic heterocycles. The summed E-state index contributed by atoms with van der Waals surface area (Å²) < 4.78 is 22.9. The Balaban J connectivity index is 1.54. The van der Waals surface area contributed by atoms with Gasteiger partial charge in [-0.05, 0) is 24.1 Å². The number of sulfone groups is 1. The molecule has 8 heteroatoms. The standard InChI is InChI=1S/C20H23N3O4S/c24-19(23-16-10-11-28(26,27)14-16)13-21-18-9-5-4-8-17(18)20(25)22-12-15-6-2-1-3-7-15/h1-9,16,21H,10-14H2,(H,22,25)(H,23,24)/t16-/m1/s1. The highest BCUT2D eigenvalue weighted by Gasteiger charge is 2.28. The highest BCUT2D eigenvalue weighted by molar-refractivity contribution is 7.91. The molecule has 7 nitrogen and oxygen atoms in total. The maximum atomic E-state index is 12.5. The van der Waals surface area contributed by atoms with Crippen LogP contribution in [0.15, 0.2) is 54.6 Å². The number of hydrogen-bond acceptors (Lipinski definition) is 5. The molecule has 148 valence electrons. The van der Waals surface area contributed by atoms with E-state index in [1.165, 1.54) is 0 Å². The minimum absolute atomic E-state index is 0.0166. The highest BCUT2D eigenvalue weighted by Crippen LogP contribution is 2.15. The van der Waals surface area contributed by atoms with Crippen molar-refractivity contribution in [1.82, 2.24) is 10.6 Å². The lowest BCUT2D eigenvalue weighted by atomic mass is 10.1. The molecule has 1 saturated heterocycles. The van der Waals surface area contributed by atoms with Gasteiger partial charge in [0.25, 0.3) is 5.91 Å². The van der Waals surface area contributed by atoms with Gasteiger partial charge in [-0.2, -0.15) is 0 Å². The van der Waals surface area contributed by atoms with Crippen molar-refractivity contribution >= 4 is 27.3 Å². The average molecular weight is 401 g/mol. The lowest BCUT2D eigenvalue weighted by Crippen LogP contribution is -2.39. The molecule has 2 aromatic rings. The molecule has 0 unspecified atom stereocenters. The van der Waals surface area contributed by atoms with Crippen LogP contribution in [0.5, 0.6) is 0 Å². The maximum absolute atomic E-state index is 12.5. The van der Waals surface area contributed by atoms with Crippen LogP contribution in [0.25, 0.3) is 0 Å². The van der Waals surface area contributed by atoms with E-state index in [0.29, 0.717) is 24.2 Å². The molecular weight excluding hydrogens is 378 g/mol. The molecule has 0 spiro atoms. The van der Waals surface area contributed by atoms with Crippen molar-refractivity contribution < 1.29 is 18.0 Å². The van der Waals surface area contributed by atoms with Crippen LogP contribution in [-0.2, 0) is 21.2 Å². The van der Waals surface area contributed by atoms with Crippen molar-refractivity contribution in [1.29, 1.82) is 0 Å². The van der Waals surface area contributed by atoms with Crippen molar-refractivity contribution in [3.63, 3.8) is 0 Å². The van der Waals surface area contributed by atoms with Crippen molar-refractivity contribution in [3.8, 4) is 0 Å². The van der Waals surface area contributed by atoms with Crippen LogP contribution in [0.4, 0.5) is 5.69 Å². The number of rotatable bonds is 7. The fourth-order valence-electron chi connectivity index (χ4n) is 3.07. The molecule has 0 bridgehead atoms. The fourth-order valence-corrected chi connectivity index (χ4v) is 4.75. The van der Waals surface area contributed by atoms with E-state index in [-0.39, 0.29) is 35.9 Å². The van der Waals surface area contributed by atoms with Gasteiger partial charge in [0.2, 0.25) is 5.91 Å². The largest absolute Gasteiger partial charge is 0.376 e. The Morgan fingerprint density at radius 1 is 1.00 bits per heavy atom. The number of nitrogens with one attached hydrogen (secondary N) is 3. The second-order valence-corrected chi connectivity index (χ2v) is 8.96. The molecule has 3 rings (SSSR count). The van der Waals surface area contributed by atoms with Crippen LogP contribution >= 0.6 is 0 Å². The molecule has 0 radical (unpaired) electrons. The zero-order valence-electron chi connectivity index (χ0n) is 15.4. The van der Waals surface area contributed by atoms with Crippen molar-refractivity contribution in [3.05, 3.63) is 65.7 Å². The number of amides is 2. The summed E-state index contributed by atoms with van der Waals surface area (Å²) in [6.45, 7) is 0.365. The Kier molecular flexibility index (Phi) is 6.30. The molecule has 1 heterocycles. The molecule has 1 aliphatic heterocycles. The summed E-state index contributed by atoms with van der Waals surface area (Å²) >= 11 is 0. The van der Waals surface area contributed by atoms with Gasteiger partial charge in [-0.15, -0.1) is 0 Å². The first kappa shape index (κ1) is 19.9. The Labute approximate surface area is 164 Å². The third kappa shape index (κ3) is 5.56. The molecule has 3 N–H and O–H groups in total. The summed E-state index contributed by atoms with van der Waals surface area (Å²) in [5, 5.41) is 8.55. The Hall–Kier alpha value is -2.87. The second kappa shape index (κ2) is 8.88. The highest BCUT2D eigenvalue weighted by atomic mass is 32.2.